The minimum absolute atomic E-state index is 0.148. The fraction of sp³-hybridized carbons (Fsp3) is 0.333. The highest BCUT2D eigenvalue weighted by atomic mass is 35.5. The molecule has 0 unspecified atom stereocenters. The van der Waals surface area contributed by atoms with Crippen LogP contribution in [0.2, 0.25) is 0 Å². The Morgan fingerprint density at radius 2 is 2.18 bits per heavy atom. The number of benzene rings is 1. The Balaban J connectivity index is 3.13. The van der Waals surface area contributed by atoms with E-state index in [1.807, 2.05) is 13.0 Å². The van der Waals surface area contributed by atoms with Crippen LogP contribution in [0.4, 0.5) is 4.39 Å². The first-order chi connectivity index (χ1) is 5.29. The van der Waals surface area contributed by atoms with Crippen LogP contribution < -0.4 is 0 Å². The van der Waals surface area contributed by atoms with Crippen LogP contribution in [0, 0.1) is 5.82 Å². The Labute approximate surface area is 71.0 Å². The largest absolute Gasteiger partial charge is 0.207 e. The van der Waals surface area contributed by atoms with Gasteiger partial charge in [-0.2, -0.15) is 0 Å². The van der Waals surface area contributed by atoms with Gasteiger partial charge in [-0.25, -0.2) is 4.39 Å². The third kappa shape index (κ3) is 1.72. The molecule has 0 amide bonds. The lowest BCUT2D eigenvalue weighted by Gasteiger charge is -2.04. The van der Waals surface area contributed by atoms with E-state index in [-0.39, 0.29) is 5.82 Å². The number of halogens is 2. The molecule has 0 bridgehead atoms. The molecule has 60 valence electrons. The minimum Gasteiger partial charge on any atom is -0.207 e. The zero-order valence-electron chi connectivity index (χ0n) is 6.40. The third-order valence-electron chi connectivity index (χ3n) is 1.71. The van der Waals surface area contributed by atoms with E-state index in [4.69, 9.17) is 11.6 Å². The third-order valence-corrected chi connectivity index (χ3v) is 2.00. The summed E-state index contributed by atoms with van der Waals surface area (Å²) in [5, 5.41) is 0. The van der Waals surface area contributed by atoms with Gasteiger partial charge in [0.1, 0.15) is 5.82 Å². The Hall–Kier alpha value is -0.560. The van der Waals surface area contributed by atoms with Crippen molar-refractivity contribution >= 4 is 11.6 Å². The Morgan fingerprint density at radius 1 is 1.45 bits per heavy atom. The molecule has 0 aliphatic heterocycles. The maximum atomic E-state index is 13.0. The number of alkyl halides is 1. The second kappa shape index (κ2) is 3.72. The van der Waals surface area contributed by atoms with E-state index in [0.717, 1.165) is 11.1 Å². The van der Waals surface area contributed by atoms with Gasteiger partial charge >= 0.3 is 0 Å². The fourth-order valence-corrected chi connectivity index (χ4v) is 1.37. The molecule has 0 N–H and O–H groups in total. The smallest absolute Gasteiger partial charge is 0.126 e. The maximum absolute atomic E-state index is 13.0. The molecule has 0 atom stereocenters. The van der Waals surface area contributed by atoms with Crippen molar-refractivity contribution in [3.63, 3.8) is 0 Å². The highest BCUT2D eigenvalue weighted by molar-refractivity contribution is 6.17. The molecular weight excluding hydrogens is 163 g/mol. The summed E-state index contributed by atoms with van der Waals surface area (Å²) in [7, 11) is 0. The van der Waals surface area contributed by atoms with Gasteiger partial charge in [0.05, 0.1) is 0 Å². The molecule has 0 aliphatic rings. The summed E-state index contributed by atoms with van der Waals surface area (Å²) >= 11 is 5.62. The highest BCUT2D eigenvalue weighted by Gasteiger charge is 2.03. The monoisotopic (exact) mass is 172 g/mol. The van der Waals surface area contributed by atoms with Crippen LogP contribution in [0.3, 0.4) is 0 Å². The van der Waals surface area contributed by atoms with Crippen molar-refractivity contribution in [3.8, 4) is 0 Å². The van der Waals surface area contributed by atoms with Gasteiger partial charge in [0.15, 0.2) is 0 Å². The second-order valence-corrected chi connectivity index (χ2v) is 2.63. The van der Waals surface area contributed by atoms with Crippen LogP contribution in [-0.4, -0.2) is 0 Å². The lowest BCUT2D eigenvalue weighted by atomic mass is 10.1. The van der Waals surface area contributed by atoms with Gasteiger partial charge in [-0.15, -0.1) is 11.6 Å². The van der Waals surface area contributed by atoms with E-state index in [9.17, 15) is 4.39 Å². The van der Waals surface area contributed by atoms with E-state index in [2.05, 4.69) is 0 Å². The van der Waals surface area contributed by atoms with Crippen LogP contribution in [0.5, 0.6) is 0 Å². The predicted molar refractivity (Wildman–Crippen MR) is 45.3 cm³/mol. The molecule has 0 spiro atoms. The van der Waals surface area contributed by atoms with Crippen LogP contribution in [0.1, 0.15) is 18.1 Å². The van der Waals surface area contributed by atoms with Crippen molar-refractivity contribution in [2.45, 2.75) is 19.2 Å². The van der Waals surface area contributed by atoms with Gasteiger partial charge in [0.2, 0.25) is 0 Å². The van der Waals surface area contributed by atoms with Gasteiger partial charge in [-0.1, -0.05) is 19.1 Å². The summed E-state index contributed by atoms with van der Waals surface area (Å²) < 4.78 is 13.0. The van der Waals surface area contributed by atoms with Gasteiger partial charge in [0, 0.05) is 5.88 Å². The molecular formula is C9H10ClF. The normalized spacial score (nSPS) is 10.1. The van der Waals surface area contributed by atoms with Crippen molar-refractivity contribution in [2.75, 3.05) is 0 Å². The molecule has 11 heavy (non-hydrogen) atoms. The summed E-state index contributed by atoms with van der Waals surface area (Å²) in [6, 6.07) is 5.01. The molecule has 0 aromatic heterocycles. The first-order valence-corrected chi connectivity index (χ1v) is 4.15. The minimum atomic E-state index is -0.148. The molecule has 1 aromatic rings. The summed E-state index contributed by atoms with van der Waals surface area (Å²) in [5.41, 5.74) is 1.64. The molecule has 0 nitrogen and oxygen atoms in total. The molecule has 2 heteroatoms. The van der Waals surface area contributed by atoms with Crippen molar-refractivity contribution in [3.05, 3.63) is 35.1 Å². The Bertz CT molecular complexity index is 245. The molecule has 1 aromatic carbocycles. The SMILES string of the molecule is CCc1c(F)cccc1CCl. The predicted octanol–water partition coefficient (Wildman–Crippen LogP) is 3.13. The van der Waals surface area contributed by atoms with E-state index in [1.54, 1.807) is 6.07 Å². The standard InChI is InChI=1S/C9H10ClF/c1-2-8-7(6-10)4-3-5-9(8)11/h3-5H,2,6H2,1H3. The van der Waals surface area contributed by atoms with E-state index < -0.39 is 0 Å². The van der Waals surface area contributed by atoms with E-state index in [1.165, 1.54) is 6.07 Å². The van der Waals surface area contributed by atoms with Gasteiger partial charge in [0.25, 0.3) is 0 Å². The van der Waals surface area contributed by atoms with Crippen molar-refractivity contribution in [1.29, 1.82) is 0 Å². The molecule has 0 heterocycles. The first-order valence-electron chi connectivity index (χ1n) is 3.61. The van der Waals surface area contributed by atoms with Gasteiger partial charge in [-0.05, 0) is 23.6 Å². The molecule has 0 radical (unpaired) electrons. The Morgan fingerprint density at radius 3 is 2.64 bits per heavy atom. The van der Waals surface area contributed by atoms with Crippen molar-refractivity contribution in [2.24, 2.45) is 0 Å². The molecule has 0 aliphatic carbocycles. The zero-order valence-corrected chi connectivity index (χ0v) is 7.16. The summed E-state index contributed by atoms with van der Waals surface area (Å²) in [6.45, 7) is 1.93. The molecule has 0 saturated carbocycles. The average molecular weight is 173 g/mol. The zero-order chi connectivity index (χ0) is 8.27. The van der Waals surface area contributed by atoms with Crippen LogP contribution >= 0.6 is 11.6 Å². The maximum Gasteiger partial charge on any atom is 0.126 e. The van der Waals surface area contributed by atoms with Crippen molar-refractivity contribution in [1.82, 2.24) is 0 Å². The van der Waals surface area contributed by atoms with Crippen LogP contribution in [0.25, 0.3) is 0 Å². The lowest BCUT2D eigenvalue weighted by molar-refractivity contribution is 0.610. The number of hydrogen-bond donors (Lipinski definition) is 0. The topological polar surface area (TPSA) is 0 Å². The van der Waals surface area contributed by atoms with E-state index >= 15 is 0 Å². The second-order valence-electron chi connectivity index (χ2n) is 2.36. The average Bonchev–Trinajstić information content (AvgIpc) is 2.04. The van der Waals surface area contributed by atoms with Crippen LogP contribution in [0.15, 0.2) is 18.2 Å². The lowest BCUT2D eigenvalue weighted by Crippen LogP contribution is -1.93. The first kappa shape index (κ1) is 8.54. The summed E-state index contributed by atoms with van der Waals surface area (Å²) in [4.78, 5) is 0. The number of rotatable bonds is 2. The Kier molecular flexibility index (Phi) is 2.89. The van der Waals surface area contributed by atoms with Crippen LogP contribution in [-0.2, 0) is 12.3 Å². The summed E-state index contributed by atoms with van der Waals surface area (Å²) in [5.74, 6) is 0.242. The molecule has 0 fully saturated rings. The number of hydrogen-bond acceptors (Lipinski definition) is 0. The van der Waals surface area contributed by atoms with E-state index in [0.29, 0.717) is 12.3 Å². The quantitative estimate of drug-likeness (QED) is 0.602. The highest BCUT2D eigenvalue weighted by Crippen LogP contribution is 2.15. The summed E-state index contributed by atoms with van der Waals surface area (Å²) in [6.07, 6.45) is 0.703. The van der Waals surface area contributed by atoms with Gasteiger partial charge in [-0.3, -0.25) is 0 Å². The molecule has 1 rings (SSSR count). The molecule has 0 saturated heterocycles. The van der Waals surface area contributed by atoms with Crippen molar-refractivity contribution < 1.29 is 4.39 Å². The fourth-order valence-electron chi connectivity index (χ4n) is 1.12. The van der Waals surface area contributed by atoms with Gasteiger partial charge < -0.3 is 0 Å².